The summed E-state index contributed by atoms with van der Waals surface area (Å²) in [6.45, 7) is 12.3. The lowest BCUT2D eigenvalue weighted by Gasteiger charge is -2.44. The number of carbonyl (C=O) groups is 3. The number of carboxylic acids is 1. The van der Waals surface area contributed by atoms with Gasteiger partial charge in [0.2, 0.25) is 0 Å². The van der Waals surface area contributed by atoms with E-state index in [0.717, 1.165) is 36.8 Å². The third kappa shape index (κ3) is 6.76. The molecule has 0 unspecified atom stereocenters. The number of esters is 2. The summed E-state index contributed by atoms with van der Waals surface area (Å²) in [6, 6.07) is 13.4. The number of nitrogens with one attached hydrogen (secondary N) is 1. The fourth-order valence-corrected chi connectivity index (χ4v) is 6.52. The number of rotatable bonds is 12. The Kier molecular flexibility index (Phi) is 9.76. The molecule has 0 radical (unpaired) electrons. The first-order valence-corrected chi connectivity index (χ1v) is 16.1. The van der Waals surface area contributed by atoms with E-state index in [1.807, 2.05) is 48.0 Å². The smallest absolute Gasteiger partial charge is 0.306 e. The van der Waals surface area contributed by atoms with Gasteiger partial charge in [0.25, 0.3) is 0 Å². The third-order valence-electron chi connectivity index (χ3n) is 8.91. The van der Waals surface area contributed by atoms with E-state index in [4.69, 9.17) is 19.3 Å². The lowest BCUT2D eigenvalue weighted by Crippen LogP contribution is -2.52. The molecule has 4 aromatic rings. The number of hydrogen-bond acceptors (Lipinski definition) is 9. The van der Waals surface area contributed by atoms with Gasteiger partial charge in [0.15, 0.2) is 17.6 Å². The standard InChI is InChI=1S/C36H43N3O8/c1-7-39(8-2)17-11-16-37-25-20-27-31(34(45-21(3)40)35(36(4,5)47-27)46-29(43)15-14-28(41)42)32-30(25)33(44)24-18-22-12-9-10-13-23(22)19-26(24)38(32)6/h9-10,12-13,18-20,34-35,37H,7-8,11,14-17H2,1-6H3,(H,41,42)/t34-,35-/m0/s1. The van der Waals surface area contributed by atoms with E-state index < -0.39 is 42.1 Å². The zero-order valence-electron chi connectivity index (χ0n) is 27.8. The Morgan fingerprint density at radius 1 is 1.04 bits per heavy atom. The molecule has 0 spiro atoms. The highest BCUT2D eigenvalue weighted by atomic mass is 16.6. The predicted molar refractivity (Wildman–Crippen MR) is 181 cm³/mol. The van der Waals surface area contributed by atoms with Crippen molar-refractivity contribution in [3.8, 4) is 5.75 Å². The molecule has 0 saturated carbocycles. The Balaban J connectivity index is 1.75. The van der Waals surface area contributed by atoms with Crippen molar-refractivity contribution in [3.63, 3.8) is 0 Å². The van der Waals surface area contributed by atoms with Crippen LogP contribution in [0.5, 0.6) is 5.75 Å². The van der Waals surface area contributed by atoms with E-state index in [9.17, 15) is 19.2 Å². The van der Waals surface area contributed by atoms with Crippen molar-refractivity contribution >= 4 is 56.2 Å². The van der Waals surface area contributed by atoms with Gasteiger partial charge in [-0.1, -0.05) is 38.1 Å². The number of hydrogen-bond donors (Lipinski definition) is 2. The second-order valence-corrected chi connectivity index (χ2v) is 12.5. The molecular formula is C36H43N3O8. The molecule has 0 fully saturated rings. The maximum Gasteiger partial charge on any atom is 0.306 e. The molecule has 11 nitrogen and oxygen atoms in total. The molecule has 0 saturated heterocycles. The molecule has 0 aliphatic carbocycles. The minimum absolute atomic E-state index is 0.200. The number of benzene rings is 3. The molecule has 3 aromatic carbocycles. The summed E-state index contributed by atoms with van der Waals surface area (Å²) in [5.41, 5.74) is 0.746. The Morgan fingerprint density at radius 3 is 2.36 bits per heavy atom. The number of pyridine rings is 1. The number of nitrogens with zero attached hydrogens (tertiary/aromatic N) is 2. The van der Waals surface area contributed by atoms with Gasteiger partial charge in [-0.15, -0.1) is 0 Å². The van der Waals surface area contributed by atoms with Crippen molar-refractivity contribution in [2.24, 2.45) is 7.05 Å². The normalized spacial score (nSPS) is 17.0. The van der Waals surface area contributed by atoms with Crippen LogP contribution in [-0.4, -0.2) is 70.4 Å². The summed E-state index contributed by atoms with van der Waals surface area (Å²) in [5, 5.41) is 15.4. The molecule has 2 atom stereocenters. The van der Waals surface area contributed by atoms with Crippen LogP contribution in [0, 0.1) is 0 Å². The average molecular weight is 646 g/mol. The van der Waals surface area contributed by atoms with E-state index in [2.05, 4.69) is 24.1 Å². The van der Waals surface area contributed by atoms with E-state index in [1.54, 1.807) is 19.9 Å². The predicted octanol–water partition coefficient (Wildman–Crippen LogP) is 5.54. The fourth-order valence-electron chi connectivity index (χ4n) is 6.52. The summed E-state index contributed by atoms with van der Waals surface area (Å²) in [5.74, 6) is -2.14. The maximum absolute atomic E-state index is 14.5. The SMILES string of the molecule is CCN(CC)CCCNc1cc2c(c3c1c(=O)c1cc4ccccc4cc1n3C)[C@H](OC(C)=O)[C@H](OC(=O)CCC(=O)O)C(C)(C)O2. The number of anilines is 1. The van der Waals surface area contributed by atoms with Crippen LogP contribution in [-0.2, 0) is 30.9 Å². The van der Waals surface area contributed by atoms with Gasteiger partial charge in [-0.3, -0.25) is 19.2 Å². The van der Waals surface area contributed by atoms with Crippen LogP contribution < -0.4 is 15.5 Å². The Morgan fingerprint density at radius 2 is 1.72 bits per heavy atom. The summed E-state index contributed by atoms with van der Waals surface area (Å²) in [6.07, 6.45) is -2.23. The number of aryl methyl sites for hydroxylation is 1. The van der Waals surface area contributed by atoms with Crippen LogP contribution in [0.4, 0.5) is 5.69 Å². The highest BCUT2D eigenvalue weighted by Crippen LogP contribution is 2.48. The van der Waals surface area contributed by atoms with Crippen molar-refractivity contribution in [1.82, 2.24) is 9.47 Å². The lowest BCUT2D eigenvalue weighted by molar-refractivity contribution is -0.189. The summed E-state index contributed by atoms with van der Waals surface area (Å²) < 4.78 is 20.2. The average Bonchev–Trinajstić information content (AvgIpc) is 3.02. The van der Waals surface area contributed by atoms with Crippen molar-refractivity contribution in [2.45, 2.75) is 71.7 Å². The van der Waals surface area contributed by atoms with Gasteiger partial charge in [0, 0.05) is 32.0 Å². The number of aliphatic carboxylic acids is 1. The maximum atomic E-state index is 14.5. The topological polar surface area (TPSA) is 136 Å². The molecule has 2 heterocycles. The Hall–Kier alpha value is -4.64. The van der Waals surface area contributed by atoms with Crippen LogP contribution in [0.2, 0.25) is 0 Å². The minimum Gasteiger partial charge on any atom is -0.483 e. The zero-order valence-corrected chi connectivity index (χ0v) is 27.8. The molecular weight excluding hydrogens is 602 g/mol. The second-order valence-electron chi connectivity index (χ2n) is 12.5. The molecule has 11 heteroatoms. The number of ether oxygens (including phenoxy) is 3. The molecule has 0 amide bonds. The number of carboxylic acid groups (broad SMARTS) is 1. The van der Waals surface area contributed by atoms with Crippen LogP contribution in [0.25, 0.3) is 32.6 Å². The number of fused-ring (bicyclic) bond motifs is 5. The molecule has 2 N–H and O–H groups in total. The Labute approximate surface area is 273 Å². The fraction of sp³-hybridized carbons (Fsp3) is 0.444. The Bertz CT molecular complexity index is 1910. The van der Waals surface area contributed by atoms with Crippen LogP contribution in [0.15, 0.2) is 47.3 Å². The molecule has 5 rings (SSSR count). The van der Waals surface area contributed by atoms with Gasteiger partial charge in [-0.2, -0.15) is 0 Å². The monoisotopic (exact) mass is 645 g/mol. The second kappa shape index (κ2) is 13.6. The van der Waals surface area contributed by atoms with Gasteiger partial charge in [-0.25, -0.2) is 0 Å². The highest BCUT2D eigenvalue weighted by molar-refractivity contribution is 6.06. The third-order valence-corrected chi connectivity index (χ3v) is 8.91. The zero-order chi connectivity index (χ0) is 34.0. The van der Waals surface area contributed by atoms with E-state index in [0.29, 0.717) is 45.4 Å². The van der Waals surface area contributed by atoms with Crippen molar-refractivity contribution in [3.05, 3.63) is 58.3 Å². The largest absolute Gasteiger partial charge is 0.483 e. The number of carbonyl (C=O) groups excluding carboxylic acids is 2. The molecule has 250 valence electrons. The van der Waals surface area contributed by atoms with E-state index in [1.165, 1.54) is 6.92 Å². The molecule has 1 aliphatic heterocycles. The summed E-state index contributed by atoms with van der Waals surface area (Å²) in [4.78, 5) is 53.5. The van der Waals surface area contributed by atoms with Crippen LogP contribution in [0.1, 0.15) is 65.5 Å². The van der Waals surface area contributed by atoms with Gasteiger partial charge in [0.05, 0.1) is 40.5 Å². The van der Waals surface area contributed by atoms with E-state index >= 15 is 0 Å². The van der Waals surface area contributed by atoms with Crippen LogP contribution in [0.3, 0.4) is 0 Å². The van der Waals surface area contributed by atoms with Crippen LogP contribution >= 0.6 is 0 Å². The van der Waals surface area contributed by atoms with Gasteiger partial charge >= 0.3 is 17.9 Å². The highest BCUT2D eigenvalue weighted by Gasteiger charge is 2.50. The quantitative estimate of drug-likeness (QED) is 0.115. The van der Waals surface area contributed by atoms with Crippen molar-refractivity contribution < 1.29 is 33.7 Å². The first-order valence-electron chi connectivity index (χ1n) is 16.1. The van der Waals surface area contributed by atoms with Gasteiger partial charge in [-0.05, 0) is 62.8 Å². The first-order chi connectivity index (χ1) is 22.4. The van der Waals surface area contributed by atoms with E-state index in [-0.39, 0.29) is 11.8 Å². The molecule has 1 aliphatic rings. The molecule has 47 heavy (non-hydrogen) atoms. The number of aromatic nitrogens is 1. The summed E-state index contributed by atoms with van der Waals surface area (Å²) in [7, 11) is 1.85. The lowest BCUT2D eigenvalue weighted by atomic mass is 9.86. The minimum atomic E-state index is -1.19. The van der Waals surface area contributed by atoms with Gasteiger partial charge in [0.1, 0.15) is 11.4 Å². The molecule has 1 aromatic heterocycles. The molecule has 0 bridgehead atoms. The van der Waals surface area contributed by atoms with Gasteiger partial charge < -0.3 is 34.1 Å². The van der Waals surface area contributed by atoms with Crippen molar-refractivity contribution in [2.75, 3.05) is 31.5 Å². The summed E-state index contributed by atoms with van der Waals surface area (Å²) >= 11 is 0. The first kappa shape index (κ1) is 33.7. The van der Waals surface area contributed by atoms with Crippen molar-refractivity contribution in [1.29, 1.82) is 0 Å².